The van der Waals surface area contributed by atoms with Gasteiger partial charge in [-0.3, -0.25) is 9.59 Å². The highest BCUT2D eigenvalue weighted by molar-refractivity contribution is 6.35. The molecule has 2 amide bonds. The Morgan fingerprint density at radius 3 is 2.44 bits per heavy atom. The number of carbonyl (C=O) groups excluding carboxylic acids is 2. The fourth-order valence-corrected chi connectivity index (χ4v) is 1.85. The van der Waals surface area contributed by atoms with Crippen molar-refractivity contribution in [1.82, 2.24) is 10.6 Å². The Morgan fingerprint density at radius 1 is 1.31 bits per heavy atom. The summed E-state index contributed by atoms with van der Waals surface area (Å²) in [5.41, 5.74) is 0. The van der Waals surface area contributed by atoms with Crippen molar-refractivity contribution in [1.29, 1.82) is 0 Å². The van der Waals surface area contributed by atoms with Crippen molar-refractivity contribution >= 4 is 11.8 Å². The number of rotatable bonds is 4. The van der Waals surface area contributed by atoms with Crippen LogP contribution < -0.4 is 10.6 Å². The van der Waals surface area contributed by atoms with Gasteiger partial charge in [0.25, 0.3) is 0 Å². The van der Waals surface area contributed by atoms with E-state index in [4.69, 9.17) is 5.11 Å². The maximum absolute atomic E-state index is 11.5. The Kier molecular flexibility index (Phi) is 5.25. The zero-order valence-corrected chi connectivity index (χ0v) is 9.66. The van der Waals surface area contributed by atoms with Gasteiger partial charge in [-0.15, -0.1) is 0 Å². The molecule has 1 aliphatic rings. The molecular formula is C11H20N2O3. The van der Waals surface area contributed by atoms with E-state index in [1.165, 1.54) is 0 Å². The second kappa shape index (κ2) is 6.48. The third-order valence-electron chi connectivity index (χ3n) is 2.95. The zero-order valence-electron chi connectivity index (χ0n) is 9.66. The zero-order chi connectivity index (χ0) is 12.0. The average Bonchev–Trinajstić information content (AvgIpc) is 2.78. The van der Waals surface area contributed by atoms with Gasteiger partial charge in [-0.1, -0.05) is 19.8 Å². The lowest BCUT2D eigenvalue weighted by Crippen LogP contribution is -2.47. The summed E-state index contributed by atoms with van der Waals surface area (Å²) in [6, 6.07) is -0.186. The average molecular weight is 228 g/mol. The van der Waals surface area contributed by atoms with Gasteiger partial charge >= 0.3 is 11.8 Å². The van der Waals surface area contributed by atoms with Crippen molar-refractivity contribution in [3.63, 3.8) is 0 Å². The van der Waals surface area contributed by atoms with Crippen LogP contribution in [0.3, 0.4) is 0 Å². The topological polar surface area (TPSA) is 78.4 Å². The fourth-order valence-electron chi connectivity index (χ4n) is 1.85. The van der Waals surface area contributed by atoms with Crippen molar-refractivity contribution in [3.05, 3.63) is 0 Å². The molecule has 5 nitrogen and oxygen atoms in total. The molecule has 0 saturated heterocycles. The molecule has 5 heteroatoms. The molecule has 1 atom stereocenters. The molecule has 0 unspecified atom stereocenters. The second-order valence-electron chi connectivity index (χ2n) is 4.22. The maximum atomic E-state index is 11.5. The predicted molar refractivity (Wildman–Crippen MR) is 59.7 cm³/mol. The number of aliphatic hydroxyl groups excluding tert-OH is 1. The van der Waals surface area contributed by atoms with Gasteiger partial charge in [0.05, 0.1) is 12.6 Å². The first-order valence-corrected chi connectivity index (χ1v) is 5.89. The molecule has 1 aliphatic carbocycles. The maximum Gasteiger partial charge on any atom is 0.309 e. The van der Waals surface area contributed by atoms with Crippen molar-refractivity contribution < 1.29 is 14.7 Å². The number of carbonyl (C=O) groups is 2. The monoisotopic (exact) mass is 228 g/mol. The van der Waals surface area contributed by atoms with Crippen LogP contribution in [0.25, 0.3) is 0 Å². The molecular weight excluding hydrogens is 208 g/mol. The summed E-state index contributed by atoms with van der Waals surface area (Å²) in [5.74, 6) is -1.23. The first kappa shape index (κ1) is 13.0. The van der Waals surface area contributed by atoms with E-state index < -0.39 is 11.8 Å². The van der Waals surface area contributed by atoms with E-state index in [0.29, 0.717) is 6.42 Å². The number of aliphatic hydroxyl groups is 1. The van der Waals surface area contributed by atoms with Crippen molar-refractivity contribution in [2.75, 3.05) is 6.61 Å². The molecule has 0 aliphatic heterocycles. The standard InChI is InChI=1S/C11H20N2O3/c1-2-8(7-14)12-10(15)11(16)13-9-5-3-4-6-9/h8-9,14H,2-7H2,1H3,(H,12,15)(H,13,16)/t8-/m1/s1. The van der Waals surface area contributed by atoms with E-state index in [2.05, 4.69) is 10.6 Å². The molecule has 1 saturated carbocycles. The van der Waals surface area contributed by atoms with Crippen LogP contribution in [0.5, 0.6) is 0 Å². The number of hydrogen-bond acceptors (Lipinski definition) is 3. The molecule has 0 heterocycles. The van der Waals surface area contributed by atoms with E-state index in [1.807, 2.05) is 6.92 Å². The first-order chi connectivity index (χ1) is 7.67. The van der Waals surface area contributed by atoms with Gasteiger partial charge in [0.15, 0.2) is 0 Å². The van der Waals surface area contributed by atoms with Gasteiger partial charge in [-0.2, -0.15) is 0 Å². The summed E-state index contributed by atoms with van der Waals surface area (Å²) in [4.78, 5) is 22.9. The summed E-state index contributed by atoms with van der Waals surface area (Å²) in [5, 5.41) is 14.1. The summed E-state index contributed by atoms with van der Waals surface area (Å²) >= 11 is 0. The summed E-state index contributed by atoms with van der Waals surface area (Å²) in [6.45, 7) is 1.70. The second-order valence-corrected chi connectivity index (χ2v) is 4.22. The van der Waals surface area contributed by atoms with Gasteiger partial charge < -0.3 is 15.7 Å². The molecule has 92 valence electrons. The van der Waals surface area contributed by atoms with Crippen LogP contribution in [-0.4, -0.2) is 35.6 Å². The minimum absolute atomic E-state index is 0.140. The number of hydrogen-bond donors (Lipinski definition) is 3. The van der Waals surface area contributed by atoms with Gasteiger partial charge in [0.2, 0.25) is 0 Å². The summed E-state index contributed by atoms with van der Waals surface area (Å²) in [7, 11) is 0. The quantitative estimate of drug-likeness (QED) is 0.589. The first-order valence-electron chi connectivity index (χ1n) is 5.89. The smallest absolute Gasteiger partial charge is 0.309 e. The Bertz CT molecular complexity index is 232. The molecule has 3 N–H and O–H groups in total. The Morgan fingerprint density at radius 2 is 1.94 bits per heavy atom. The van der Waals surface area contributed by atoms with E-state index in [-0.39, 0.29) is 18.7 Å². The highest BCUT2D eigenvalue weighted by Crippen LogP contribution is 2.17. The Balaban J connectivity index is 2.32. The van der Waals surface area contributed by atoms with Crippen molar-refractivity contribution in [2.45, 2.75) is 51.1 Å². The molecule has 0 bridgehead atoms. The van der Waals surface area contributed by atoms with Crippen molar-refractivity contribution in [2.24, 2.45) is 0 Å². The number of nitrogens with one attached hydrogen (secondary N) is 2. The summed E-state index contributed by atoms with van der Waals surface area (Å²) in [6.07, 6.45) is 4.74. The molecule has 1 rings (SSSR count). The van der Waals surface area contributed by atoms with Gasteiger partial charge in [0, 0.05) is 6.04 Å². The normalized spacial score (nSPS) is 18.1. The molecule has 16 heavy (non-hydrogen) atoms. The Hall–Kier alpha value is -1.10. The van der Waals surface area contributed by atoms with Crippen molar-refractivity contribution in [3.8, 4) is 0 Å². The largest absolute Gasteiger partial charge is 0.394 e. The lowest BCUT2D eigenvalue weighted by Gasteiger charge is -2.15. The Labute approximate surface area is 95.6 Å². The van der Waals surface area contributed by atoms with Crippen LogP contribution in [0.1, 0.15) is 39.0 Å². The minimum Gasteiger partial charge on any atom is -0.394 e. The summed E-state index contributed by atoms with van der Waals surface area (Å²) < 4.78 is 0. The molecule has 0 spiro atoms. The van der Waals surface area contributed by atoms with Crippen LogP contribution >= 0.6 is 0 Å². The lowest BCUT2D eigenvalue weighted by atomic mass is 10.2. The number of amides is 2. The van der Waals surface area contributed by atoms with Crippen LogP contribution in [0, 0.1) is 0 Å². The lowest BCUT2D eigenvalue weighted by molar-refractivity contribution is -0.140. The molecule has 0 radical (unpaired) electrons. The molecule has 0 aromatic rings. The SMILES string of the molecule is CC[C@H](CO)NC(=O)C(=O)NC1CCCC1. The van der Waals surface area contributed by atoms with Crippen LogP contribution in [0.2, 0.25) is 0 Å². The third kappa shape index (κ3) is 3.81. The van der Waals surface area contributed by atoms with Crippen LogP contribution in [0.4, 0.5) is 0 Å². The van der Waals surface area contributed by atoms with E-state index in [9.17, 15) is 9.59 Å². The predicted octanol–water partition coefficient (Wildman–Crippen LogP) is -0.0677. The van der Waals surface area contributed by atoms with Gasteiger partial charge in [0.1, 0.15) is 0 Å². The van der Waals surface area contributed by atoms with Gasteiger partial charge in [-0.05, 0) is 19.3 Å². The molecule has 0 aromatic heterocycles. The van der Waals surface area contributed by atoms with E-state index in [0.717, 1.165) is 25.7 Å². The molecule has 0 aromatic carbocycles. The van der Waals surface area contributed by atoms with Crippen LogP contribution in [-0.2, 0) is 9.59 Å². The highest BCUT2D eigenvalue weighted by Gasteiger charge is 2.22. The van der Waals surface area contributed by atoms with Crippen LogP contribution in [0.15, 0.2) is 0 Å². The van der Waals surface area contributed by atoms with Gasteiger partial charge in [-0.25, -0.2) is 0 Å². The van der Waals surface area contributed by atoms with E-state index in [1.54, 1.807) is 0 Å². The third-order valence-corrected chi connectivity index (χ3v) is 2.95. The fraction of sp³-hybridized carbons (Fsp3) is 0.818. The highest BCUT2D eigenvalue weighted by atomic mass is 16.3. The molecule has 1 fully saturated rings. The minimum atomic E-state index is -0.646. The van der Waals surface area contributed by atoms with E-state index >= 15 is 0 Å².